The minimum absolute atomic E-state index is 0.698. The van der Waals surface area contributed by atoms with E-state index in [1.165, 1.54) is 5.56 Å². The van der Waals surface area contributed by atoms with Gasteiger partial charge in [0.2, 0.25) is 0 Å². The van der Waals surface area contributed by atoms with Gasteiger partial charge in [0, 0.05) is 15.5 Å². The van der Waals surface area contributed by atoms with Gasteiger partial charge in [-0.3, -0.25) is 0 Å². The van der Waals surface area contributed by atoms with E-state index in [2.05, 4.69) is 69.2 Å². The minimum atomic E-state index is 0.698. The second kappa shape index (κ2) is 5.89. The van der Waals surface area contributed by atoms with Crippen molar-refractivity contribution in [2.45, 2.75) is 20.4 Å². The fourth-order valence-electron chi connectivity index (χ4n) is 1.16. The molecule has 0 radical (unpaired) electrons. The van der Waals surface area contributed by atoms with Crippen LogP contribution >= 0.6 is 31.9 Å². The second-order valence-corrected chi connectivity index (χ2v) is 5.53. The van der Waals surface area contributed by atoms with Crippen LogP contribution in [0, 0.1) is 5.92 Å². The number of hydrogen-bond donors (Lipinski definition) is 1. The third-order valence-corrected chi connectivity index (χ3v) is 3.11. The number of rotatable bonds is 4. The van der Waals surface area contributed by atoms with E-state index >= 15 is 0 Å². The van der Waals surface area contributed by atoms with Crippen LogP contribution in [0.15, 0.2) is 27.1 Å². The highest BCUT2D eigenvalue weighted by molar-refractivity contribution is 9.11. The molecule has 0 saturated carbocycles. The Balaban J connectivity index is 2.51. The van der Waals surface area contributed by atoms with Crippen molar-refractivity contribution >= 4 is 31.9 Å². The van der Waals surface area contributed by atoms with Gasteiger partial charge in [-0.1, -0.05) is 51.8 Å². The highest BCUT2D eigenvalue weighted by Crippen LogP contribution is 2.21. The molecular formula is C11H15Br2N. The van der Waals surface area contributed by atoms with E-state index in [0.717, 1.165) is 22.0 Å². The van der Waals surface area contributed by atoms with Crippen LogP contribution in [0.2, 0.25) is 0 Å². The number of hydrogen-bond acceptors (Lipinski definition) is 1. The lowest BCUT2D eigenvalue weighted by atomic mass is 10.2. The van der Waals surface area contributed by atoms with Gasteiger partial charge in [0.1, 0.15) is 0 Å². The maximum Gasteiger partial charge on any atom is 0.0231 e. The molecule has 0 atom stereocenters. The Morgan fingerprint density at radius 3 is 2.57 bits per heavy atom. The fraction of sp³-hybridized carbons (Fsp3) is 0.455. The van der Waals surface area contributed by atoms with Crippen LogP contribution in [0.3, 0.4) is 0 Å². The van der Waals surface area contributed by atoms with Crippen molar-refractivity contribution in [1.82, 2.24) is 5.32 Å². The molecule has 0 unspecified atom stereocenters. The first-order valence-corrected chi connectivity index (χ1v) is 6.33. The van der Waals surface area contributed by atoms with E-state index in [9.17, 15) is 0 Å². The summed E-state index contributed by atoms with van der Waals surface area (Å²) in [6.45, 7) is 6.40. The molecule has 0 heterocycles. The van der Waals surface area contributed by atoms with Gasteiger partial charge in [-0.2, -0.15) is 0 Å². The van der Waals surface area contributed by atoms with E-state index in [1.54, 1.807) is 0 Å². The zero-order chi connectivity index (χ0) is 10.6. The van der Waals surface area contributed by atoms with Crippen molar-refractivity contribution in [2.75, 3.05) is 6.54 Å². The molecule has 0 bridgehead atoms. The lowest BCUT2D eigenvalue weighted by Crippen LogP contribution is -2.19. The van der Waals surface area contributed by atoms with Crippen LogP contribution in [-0.4, -0.2) is 6.54 Å². The summed E-state index contributed by atoms with van der Waals surface area (Å²) >= 11 is 6.98. The topological polar surface area (TPSA) is 12.0 Å². The molecule has 1 nitrogen and oxygen atoms in total. The van der Waals surface area contributed by atoms with Crippen LogP contribution in [0.4, 0.5) is 0 Å². The maximum absolute atomic E-state index is 3.54. The summed E-state index contributed by atoms with van der Waals surface area (Å²) in [5, 5.41) is 3.42. The van der Waals surface area contributed by atoms with Crippen LogP contribution < -0.4 is 5.32 Å². The van der Waals surface area contributed by atoms with Gasteiger partial charge in [-0.05, 0) is 30.2 Å². The van der Waals surface area contributed by atoms with Gasteiger partial charge in [0.25, 0.3) is 0 Å². The highest BCUT2D eigenvalue weighted by Gasteiger charge is 2.00. The lowest BCUT2D eigenvalue weighted by Gasteiger charge is -2.09. The van der Waals surface area contributed by atoms with Crippen molar-refractivity contribution in [3.05, 3.63) is 32.7 Å². The SMILES string of the molecule is CC(C)CNCc1ccc(Br)cc1Br. The molecule has 3 heteroatoms. The Hall–Kier alpha value is 0.140. The summed E-state index contributed by atoms with van der Waals surface area (Å²) in [7, 11) is 0. The zero-order valence-corrected chi connectivity index (χ0v) is 11.7. The molecule has 14 heavy (non-hydrogen) atoms. The van der Waals surface area contributed by atoms with E-state index in [-0.39, 0.29) is 0 Å². The molecule has 1 aromatic rings. The number of halogens is 2. The molecule has 1 rings (SSSR count). The molecule has 1 N–H and O–H groups in total. The van der Waals surface area contributed by atoms with Gasteiger partial charge in [-0.15, -0.1) is 0 Å². The molecule has 0 spiro atoms. The predicted octanol–water partition coefficient (Wildman–Crippen LogP) is 3.96. The quantitative estimate of drug-likeness (QED) is 0.885. The molecule has 0 amide bonds. The Bertz CT molecular complexity index is 297. The summed E-state index contributed by atoms with van der Waals surface area (Å²) in [4.78, 5) is 0. The average Bonchev–Trinajstić information content (AvgIpc) is 2.08. The van der Waals surface area contributed by atoms with Crippen LogP contribution in [-0.2, 0) is 6.54 Å². The van der Waals surface area contributed by atoms with E-state index in [1.807, 2.05) is 0 Å². The van der Waals surface area contributed by atoms with Crippen molar-refractivity contribution in [3.63, 3.8) is 0 Å². The highest BCUT2D eigenvalue weighted by atomic mass is 79.9. The first kappa shape index (κ1) is 12.2. The molecule has 0 aromatic heterocycles. The summed E-state index contributed by atoms with van der Waals surface area (Å²) in [6.07, 6.45) is 0. The summed E-state index contributed by atoms with van der Waals surface area (Å²) < 4.78 is 2.26. The van der Waals surface area contributed by atoms with Gasteiger partial charge in [0.15, 0.2) is 0 Å². The van der Waals surface area contributed by atoms with Gasteiger partial charge < -0.3 is 5.32 Å². The first-order valence-electron chi connectivity index (χ1n) is 4.74. The molecule has 0 aliphatic heterocycles. The van der Waals surface area contributed by atoms with E-state index in [0.29, 0.717) is 5.92 Å². The average molecular weight is 321 g/mol. The molecule has 78 valence electrons. The standard InChI is InChI=1S/C11H15Br2N/c1-8(2)6-14-7-9-3-4-10(12)5-11(9)13/h3-5,8,14H,6-7H2,1-2H3. The van der Waals surface area contributed by atoms with Crippen molar-refractivity contribution in [1.29, 1.82) is 0 Å². The van der Waals surface area contributed by atoms with Gasteiger partial charge in [0.05, 0.1) is 0 Å². The van der Waals surface area contributed by atoms with E-state index in [4.69, 9.17) is 0 Å². The molecule has 1 aromatic carbocycles. The summed E-state index contributed by atoms with van der Waals surface area (Å²) in [6, 6.07) is 6.27. The second-order valence-electron chi connectivity index (χ2n) is 3.76. The van der Waals surface area contributed by atoms with Crippen LogP contribution in [0.1, 0.15) is 19.4 Å². The number of benzene rings is 1. The van der Waals surface area contributed by atoms with Crippen LogP contribution in [0.25, 0.3) is 0 Å². The Morgan fingerprint density at radius 1 is 1.29 bits per heavy atom. The maximum atomic E-state index is 3.54. The van der Waals surface area contributed by atoms with E-state index < -0.39 is 0 Å². The zero-order valence-electron chi connectivity index (χ0n) is 8.48. The smallest absolute Gasteiger partial charge is 0.0231 e. The van der Waals surface area contributed by atoms with Crippen molar-refractivity contribution in [3.8, 4) is 0 Å². The summed E-state index contributed by atoms with van der Waals surface area (Å²) in [5.41, 5.74) is 1.30. The Kier molecular flexibility index (Phi) is 5.13. The fourth-order valence-corrected chi connectivity index (χ4v) is 2.35. The molecule has 0 aliphatic rings. The van der Waals surface area contributed by atoms with Crippen LogP contribution in [0.5, 0.6) is 0 Å². The lowest BCUT2D eigenvalue weighted by molar-refractivity contribution is 0.552. The van der Waals surface area contributed by atoms with Crippen molar-refractivity contribution in [2.24, 2.45) is 5.92 Å². The first-order chi connectivity index (χ1) is 6.59. The van der Waals surface area contributed by atoms with Gasteiger partial charge in [-0.25, -0.2) is 0 Å². The third-order valence-electron chi connectivity index (χ3n) is 1.88. The minimum Gasteiger partial charge on any atom is -0.312 e. The number of nitrogens with one attached hydrogen (secondary N) is 1. The normalized spacial score (nSPS) is 10.9. The molecule has 0 fully saturated rings. The molecule has 0 saturated heterocycles. The monoisotopic (exact) mass is 319 g/mol. The Labute approximate surface area is 103 Å². The molecule has 0 aliphatic carbocycles. The largest absolute Gasteiger partial charge is 0.312 e. The Morgan fingerprint density at radius 2 is 2.00 bits per heavy atom. The molecular weight excluding hydrogens is 306 g/mol. The third kappa shape index (κ3) is 4.11. The summed E-state index contributed by atoms with van der Waals surface area (Å²) in [5.74, 6) is 0.698. The van der Waals surface area contributed by atoms with Crippen molar-refractivity contribution < 1.29 is 0 Å². The predicted molar refractivity (Wildman–Crippen MR) is 68.4 cm³/mol. The van der Waals surface area contributed by atoms with Gasteiger partial charge >= 0.3 is 0 Å².